The van der Waals surface area contributed by atoms with Gasteiger partial charge in [0, 0.05) is 22.6 Å². The first-order valence-electron chi connectivity index (χ1n) is 6.98. The molecule has 0 aromatic carbocycles. The van der Waals surface area contributed by atoms with Crippen LogP contribution in [-0.4, -0.2) is 17.4 Å². The molecular formula is C16H17NO2S. The number of Topliss-reactive ketones (excluding diaryl/α,β-unsaturated/α-hetero) is 1. The van der Waals surface area contributed by atoms with Gasteiger partial charge in [-0.2, -0.15) is 0 Å². The van der Waals surface area contributed by atoms with Gasteiger partial charge in [0.15, 0.2) is 5.78 Å². The van der Waals surface area contributed by atoms with Crippen LogP contribution in [0.25, 0.3) is 0 Å². The number of aryl methyl sites for hydroxylation is 1. The van der Waals surface area contributed by atoms with Crippen molar-refractivity contribution in [3.8, 4) is 5.75 Å². The summed E-state index contributed by atoms with van der Waals surface area (Å²) in [6.45, 7) is 2.50. The summed E-state index contributed by atoms with van der Waals surface area (Å²) in [5.41, 5.74) is 1.87. The molecule has 1 unspecified atom stereocenters. The number of carbonyl (C=O) groups is 1. The molecule has 0 radical (unpaired) electrons. The van der Waals surface area contributed by atoms with Crippen LogP contribution in [0.4, 0.5) is 0 Å². The monoisotopic (exact) mass is 287 g/mol. The average Bonchev–Trinajstić information content (AvgIpc) is 2.95. The van der Waals surface area contributed by atoms with E-state index in [1.165, 1.54) is 10.4 Å². The van der Waals surface area contributed by atoms with Crippen LogP contribution in [0.3, 0.4) is 0 Å². The van der Waals surface area contributed by atoms with E-state index >= 15 is 0 Å². The molecule has 3 nitrogen and oxygen atoms in total. The highest BCUT2D eigenvalue weighted by molar-refractivity contribution is 7.10. The van der Waals surface area contributed by atoms with Crippen LogP contribution < -0.4 is 4.74 Å². The first-order chi connectivity index (χ1) is 9.79. The second-order valence-corrected chi connectivity index (χ2v) is 5.95. The molecule has 0 amide bonds. The van der Waals surface area contributed by atoms with Gasteiger partial charge in [0.25, 0.3) is 0 Å². The van der Waals surface area contributed by atoms with Gasteiger partial charge < -0.3 is 4.74 Å². The molecule has 0 fully saturated rings. The molecule has 0 aliphatic heterocycles. The van der Waals surface area contributed by atoms with E-state index in [0.29, 0.717) is 17.9 Å². The number of hydrogen-bond acceptors (Lipinski definition) is 4. The molecule has 0 saturated heterocycles. The third-order valence-corrected chi connectivity index (χ3v) is 4.67. The maximum atomic E-state index is 12.7. The summed E-state index contributed by atoms with van der Waals surface area (Å²) < 4.78 is 5.43. The summed E-state index contributed by atoms with van der Waals surface area (Å²) in [5.74, 6) is 0.821. The number of rotatable bonds is 4. The Morgan fingerprint density at radius 1 is 1.50 bits per heavy atom. The van der Waals surface area contributed by atoms with Gasteiger partial charge >= 0.3 is 0 Å². The maximum Gasteiger partial charge on any atom is 0.172 e. The maximum absolute atomic E-state index is 12.7. The van der Waals surface area contributed by atoms with E-state index in [0.717, 1.165) is 19.3 Å². The Morgan fingerprint density at radius 2 is 2.40 bits per heavy atom. The molecule has 104 valence electrons. The fraction of sp³-hybridized carbons (Fsp3) is 0.375. The van der Waals surface area contributed by atoms with Crippen LogP contribution in [-0.2, 0) is 6.42 Å². The zero-order valence-corrected chi connectivity index (χ0v) is 12.3. The minimum Gasteiger partial charge on any atom is -0.492 e. The summed E-state index contributed by atoms with van der Waals surface area (Å²) >= 11 is 1.76. The summed E-state index contributed by atoms with van der Waals surface area (Å²) in [6, 6.07) is 3.90. The standard InChI is InChI=1S/C16H17NO2S/c1-2-19-12-8-11(9-17-10-12)16(18)14-4-3-5-15-13(14)6-7-20-15/h6-10,14H,2-5H2,1H3. The van der Waals surface area contributed by atoms with Gasteiger partial charge in [0.1, 0.15) is 5.75 Å². The second-order valence-electron chi connectivity index (χ2n) is 4.95. The first kappa shape index (κ1) is 13.3. The first-order valence-corrected chi connectivity index (χ1v) is 7.86. The van der Waals surface area contributed by atoms with E-state index in [4.69, 9.17) is 4.74 Å². The summed E-state index contributed by atoms with van der Waals surface area (Å²) in [4.78, 5) is 18.2. The number of carbonyl (C=O) groups excluding carboxylic acids is 1. The Kier molecular flexibility index (Phi) is 3.83. The van der Waals surface area contributed by atoms with Gasteiger partial charge in [0.2, 0.25) is 0 Å². The van der Waals surface area contributed by atoms with Gasteiger partial charge in [0.05, 0.1) is 12.8 Å². The van der Waals surface area contributed by atoms with Crippen LogP contribution in [0, 0.1) is 0 Å². The van der Waals surface area contributed by atoms with E-state index in [2.05, 4.69) is 16.4 Å². The topological polar surface area (TPSA) is 39.2 Å². The van der Waals surface area contributed by atoms with Crippen LogP contribution in [0.1, 0.15) is 46.5 Å². The van der Waals surface area contributed by atoms with E-state index in [1.807, 2.05) is 6.92 Å². The van der Waals surface area contributed by atoms with Crippen molar-refractivity contribution in [3.05, 3.63) is 45.9 Å². The summed E-state index contributed by atoms with van der Waals surface area (Å²) in [5, 5.41) is 2.09. The lowest BCUT2D eigenvalue weighted by Crippen LogP contribution is -2.17. The molecule has 2 aromatic rings. The number of hydrogen-bond donors (Lipinski definition) is 0. The van der Waals surface area contributed by atoms with Gasteiger partial charge in [-0.3, -0.25) is 9.78 Å². The lowest BCUT2D eigenvalue weighted by Gasteiger charge is -2.21. The van der Waals surface area contributed by atoms with Crippen LogP contribution in [0.5, 0.6) is 5.75 Å². The Bertz CT molecular complexity index is 620. The van der Waals surface area contributed by atoms with Gasteiger partial charge in [-0.15, -0.1) is 11.3 Å². The highest BCUT2D eigenvalue weighted by Gasteiger charge is 2.28. The van der Waals surface area contributed by atoms with E-state index < -0.39 is 0 Å². The molecule has 1 aliphatic carbocycles. The highest BCUT2D eigenvalue weighted by Crippen LogP contribution is 2.37. The number of aromatic nitrogens is 1. The van der Waals surface area contributed by atoms with Crippen LogP contribution >= 0.6 is 11.3 Å². The minimum absolute atomic E-state index is 0.0105. The quantitative estimate of drug-likeness (QED) is 0.802. The minimum atomic E-state index is -0.0105. The number of thiophene rings is 1. The zero-order chi connectivity index (χ0) is 13.9. The van der Waals surface area contributed by atoms with Crippen molar-refractivity contribution < 1.29 is 9.53 Å². The third-order valence-electron chi connectivity index (χ3n) is 3.68. The van der Waals surface area contributed by atoms with Crippen molar-refractivity contribution in [2.75, 3.05) is 6.61 Å². The number of pyridine rings is 1. The average molecular weight is 287 g/mol. The Balaban J connectivity index is 1.89. The van der Waals surface area contributed by atoms with Crippen molar-refractivity contribution in [2.24, 2.45) is 0 Å². The van der Waals surface area contributed by atoms with Crippen LogP contribution in [0.2, 0.25) is 0 Å². The van der Waals surface area contributed by atoms with Crippen molar-refractivity contribution in [2.45, 2.75) is 32.1 Å². The SMILES string of the molecule is CCOc1cncc(C(=O)C2CCCc3sccc32)c1. The molecule has 1 atom stereocenters. The highest BCUT2D eigenvalue weighted by atomic mass is 32.1. The van der Waals surface area contributed by atoms with Gasteiger partial charge in [-0.1, -0.05) is 0 Å². The lowest BCUT2D eigenvalue weighted by atomic mass is 9.83. The van der Waals surface area contributed by atoms with Crippen molar-refractivity contribution >= 4 is 17.1 Å². The van der Waals surface area contributed by atoms with Crippen molar-refractivity contribution in [1.82, 2.24) is 4.98 Å². The fourth-order valence-electron chi connectivity index (χ4n) is 2.76. The fourth-order valence-corrected chi connectivity index (χ4v) is 3.75. The predicted octanol–water partition coefficient (Wildman–Crippen LogP) is 3.84. The predicted molar refractivity (Wildman–Crippen MR) is 79.7 cm³/mol. The molecule has 0 N–H and O–H groups in total. The van der Waals surface area contributed by atoms with Crippen LogP contribution in [0.15, 0.2) is 29.9 Å². The molecule has 4 heteroatoms. The summed E-state index contributed by atoms with van der Waals surface area (Å²) in [7, 11) is 0. The van der Waals surface area contributed by atoms with E-state index in [9.17, 15) is 4.79 Å². The largest absolute Gasteiger partial charge is 0.492 e. The molecular weight excluding hydrogens is 270 g/mol. The lowest BCUT2D eigenvalue weighted by molar-refractivity contribution is 0.0950. The number of ether oxygens (including phenoxy) is 1. The van der Waals surface area contributed by atoms with Crippen molar-refractivity contribution in [3.63, 3.8) is 0 Å². The third kappa shape index (κ3) is 2.48. The van der Waals surface area contributed by atoms with E-state index in [1.54, 1.807) is 29.8 Å². The molecule has 1 aliphatic rings. The zero-order valence-electron chi connectivity index (χ0n) is 11.5. The number of ketones is 1. The Hall–Kier alpha value is -1.68. The molecule has 0 spiro atoms. The molecule has 20 heavy (non-hydrogen) atoms. The van der Waals surface area contributed by atoms with Gasteiger partial charge in [-0.05, 0) is 49.3 Å². The number of nitrogens with zero attached hydrogens (tertiary/aromatic N) is 1. The van der Waals surface area contributed by atoms with Gasteiger partial charge in [-0.25, -0.2) is 0 Å². The normalized spacial score (nSPS) is 17.6. The van der Waals surface area contributed by atoms with Crippen molar-refractivity contribution in [1.29, 1.82) is 0 Å². The number of fused-ring (bicyclic) bond motifs is 1. The second kappa shape index (κ2) is 5.75. The molecule has 0 saturated carbocycles. The smallest absolute Gasteiger partial charge is 0.172 e. The Labute approximate surface area is 122 Å². The summed E-state index contributed by atoms with van der Waals surface area (Å²) in [6.07, 6.45) is 6.42. The Morgan fingerprint density at radius 3 is 3.25 bits per heavy atom. The molecule has 3 rings (SSSR count). The molecule has 2 aromatic heterocycles. The molecule has 2 heterocycles. The molecule has 0 bridgehead atoms. The van der Waals surface area contributed by atoms with E-state index in [-0.39, 0.29) is 11.7 Å².